The maximum atomic E-state index is 12.1. The van der Waals surface area contributed by atoms with Crippen LogP contribution in [0.3, 0.4) is 0 Å². The Balaban J connectivity index is 2.11. The molecule has 122 valence electrons. The largest absolute Gasteiger partial charge is 0.497 e. The van der Waals surface area contributed by atoms with E-state index in [0.29, 0.717) is 5.56 Å². The summed E-state index contributed by atoms with van der Waals surface area (Å²) in [4.78, 5) is 16.5. The molecule has 0 atom stereocenters. The Bertz CT molecular complexity index is 945. The zero-order chi connectivity index (χ0) is 17.3. The number of hydrogen-bond donors (Lipinski definition) is 3. The van der Waals surface area contributed by atoms with Gasteiger partial charge >= 0.3 is 0 Å². The first kappa shape index (κ1) is 15.5. The second-order valence-corrected chi connectivity index (χ2v) is 5.34. The maximum Gasteiger partial charge on any atom is 0.259 e. The Morgan fingerprint density at radius 1 is 1.33 bits per heavy atom. The number of rotatable bonds is 3. The molecule has 0 unspecified atom stereocenters. The molecule has 0 aliphatic rings. The highest BCUT2D eigenvalue weighted by molar-refractivity contribution is 6.05. The number of aryl methyl sites for hydroxylation is 1. The number of nitrogens with two attached hydrogens (primary N) is 1. The van der Waals surface area contributed by atoms with Crippen LogP contribution in [-0.4, -0.2) is 28.5 Å². The highest BCUT2D eigenvalue weighted by Crippen LogP contribution is 2.26. The van der Waals surface area contributed by atoms with Gasteiger partial charge in [0.25, 0.3) is 5.91 Å². The van der Waals surface area contributed by atoms with E-state index < -0.39 is 5.91 Å². The summed E-state index contributed by atoms with van der Waals surface area (Å²) in [6, 6.07) is 7.51. The van der Waals surface area contributed by atoms with Gasteiger partial charge in [-0.2, -0.15) is 0 Å². The van der Waals surface area contributed by atoms with Crippen molar-refractivity contribution in [2.75, 3.05) is 7.11 Å². The Hall–Kier alpha value is -3.35. The van der Waals surface area contributed by atoms with Crippen molar-refractivity contribution >= 4 is 22.8 Å². The highest BCUT2D eigenvalue weighted by Gasteiger charge is 2.14. The number of carbonyl (C=O) groups excluding carboxylic acids is 1. The van der Waals surface area contributed by atoms with Crippen molar-refractivity contribution in [2.45, 2.75) is 6.92 Å². The Morgan fingerprint density at radius 2 is 2.12 bits per heavy atom. The lowest BCUT2D eigenvalue weighted by Crippen LogP contribution is -2.35. The molecule has 3 aromatic rings. The minimum atomic E-state index is -0.408. The third-order valence-corrected chi connectivity index (χ3v) is 3.72. The molecule has 3 rings (SSSR count). The summed E-state index contributed by atoms with van der Waals surface area (Å²) < 4.78 is 7.14. The number of ether oxygens (including phenoxy) is 1. The first-order valence-corrected chi connectivity index (χ1v) is 7.26. The number of fused-ring (bicyclic) bond motifs is 1. The van der Waals surface area contributed by atoms with Crippen LogP contribution in [0.5, 0.6) is 5.75 Å². The summed E-state index contributed by atoms with van der Waals surface area (Å²) in [6.07, 6.45) is 5.28. The second kappa shape index (κ2) is 6.04. The lowest BCUT2D eigenvalue weighted by Gasteiger charge is -2.09. The van der Waals surface area contributed by atoms with Crippen molar-refractivity contribution in [3.63, 3.8) is 0 Å². The molecular formula is C17H17N5O2. The standard InChI is InChI=1S/C17H17N5O2/c1-10-8-22(9-13(10)16(23)21-17(18)19)15-5-6-20-14-4-3-11(24-2)7-12(14)15/h3-9H,1-2H3,(H4,18,19,21,23). The van der Waals surface area contributed by atoms with E-state index in [1.807, 2.05) is 42.0 Å². The number of aromatic nitrogens is 2. The fraction of sp³-hybridized carbons (Fsp3) is 0.118. The third-order valence-electron chi connectivity index (χ3n) is 3.72. The lowest BCUT2D eigenvalue weighted by atomic mass is 10.2. The molecule has 0 saturated carbocycles. The molecule has 0 bridgehead atoms. The van der Waals surface area contributed by atoms with Gasteiger partial charge in [-0.25, -0.2) is 0 Å². The van der Waals surface area contributed by atoms with Gasteiger partial charge in [0, 0.05) is 24.0 Å². The van der Waals surface area contributed by atoms with Crippen LogP contribution in [0.15, 0.2) is 42.9 Å². The van der Waals surface area contributed by atoms with Crippen molar-refractivity contribution in [3.05, 3.63) is 54.0 Å². The Kier molecular flexibility index (Phi) is 3.91. The molecule has 1 amide bonds. The summed E-state index contributed by atoms with van der Waals surface area (Å²) in [7, 11) is 1.61. The van der Waals surface area contributed by atoms with Crippen molar-refractivity contribution in [1.29, 1.82) is 5.41 Å². The number of hydrogen-bond acceptors (Lipinski definition) is 4. The Labute approximate surface area is 138 Å². The van der Waals surface area contributed by atoms with Crippen LogP contribution in [0.4, 0.5) is 0 Å². The van der Waals surface area contributed by atoms with Crippen molar-refractivity contribution in [1.82, 2.24) is 14.9 Å². The summed E-state index contributed by atoms with van der Waals surface area (Å²) in [5.74, 6) is -0.0592. The molecular weight excluding hydrogens is 306 g/mol. The number of guanidine groups is 1. The van der Waals surface area contributed by atoms with Crippen LogP contribution in [0, 0.1) is 12.3 Å². The van der Waals surface area contributed by atoms with Crippen LogP contribution in [-0.2, 0) is 0 Å². The number of carbonyl (C=O) groups is 1. The predicted octanol–water partition coefficient (Wildman–Crippen LogP) is 1.97. The van der Waals surface area contributed by atoms with Gasteiger partial charge in [-0.15, -0.1) is 0 Å². The highest BCUT2D eigenvalue weighted by atomic mass is 16.5. The second-order valence-electron chi connectivity index (χ2n) is 5.34. The molecule has 24 heavy (non-hydrogen) atoms. The van der Waals surface area contributed by atoms with E-state index in [4.69, 9.17) is 15.9 Å². The molecule has 0 aliphatic heterocycles. The van der Waals surface area contributed by atoms with E-state index in [0.717, 1.165) is 27.9 Å². The quantitative estimate of drug-likeness (QED) is 0.506. The van der Waals surface area contributed by atoms with E-state index in [1.54, 1.807) is 19.5 Å². The zero-order valence-corrected chi connectivity index (χ0v) is 13.3. The van der Waals surface area contributed by atoms with Crippen LogP contribution < -0.4 is 15.8 Å². The first-order valence-electron chi connectivity index (χ1n) is 7.26. The summed E-state index contributed by atoms with van der Waals surface area (Å²) >= 11 is 0. The van der Waals surface area contributed by atoms with E-state index in [-0.39, 0.29) is 5.96 Å². The topological polar surface area (TPSA) is 106 Å². The average molecular weight is 323 g/mol. The average Bonchev–Trinajstić information content (AvgIpc) is 2.95. The van der Waals surface area contributed by atoms with Crippen molar-refractivity contribution in [3.8, 4) is 11.4 Å². The molecule has 1 aromatic carbocycles. The van der Waals surface area contributed by atoms with Gasteiger partial charge in [-0.3, -0.25) is 20.5 Å². The molecule has 2 heterocycles. The third kappa shape index (κ3) is 2.79. The van der Waals surface area contributed by atoms with E-state index >= 15 is 0 Å². The molecule has 7 nitrogen and oxygen atoms in total. The number of methoxy groups -OCH3 is 1. The first-order chi connectivity index (χ1) is 11.5. The molecule has 0 saturated heterocycles. The summed E-state index contributed by atoms with van der Waals surface area (Å²) in [5.41, 5.74) is 8.17. The SMILES string of the molecule is COc1ccc2nccc(-n3cc(C)c(C(=O)NC(=N)N)c3)c2c1. The number of nitrogens with zero attached hydrogens (tertiary/aromatic N) is 2. The van der Waals surface area contributed by atoms with E-state index in [1.165, 1.54) is 0 Å². The number of benzene rings is 1. The van der Waals surface area contributed by atoms with E-state index in [2.05, 4.69) is 10.3 Å². The fourth-order valence-corrected chi connectivity index (χ4v) is 2.59. The van der Waals surface area contributed by atoms with Crippen LogP contribution >= 0.6 is 0 Å². The summed E-state index contributed by atoms with van der Waals surface area (Å²) in [5, 5.41) is 10.4. The van der Waals surface area contributed by atoms with Crippen LogP contribution in [0.1, 0.15) is 15.9 Å². The minimum absolute atomic E-state index is 0.383. The van der Waals surface area contributed by atoms with Crippen LogP contribution in [0.25, 0.3) is 16.6 Å². The van der Waals surface area contributed by atoms with Gasteiger partial charge in [0.15, 0.2) is 5.96 Å². The van der Waals surface area contributed by atoms with E-state index in [9.17, 15) is 4.79 Å². The minimum Gasteiger partial charge on any atom is -0.497 e. The number of nitrogens with one attached hydrogen (secondary N) is 2. The van der Waals surface area contributed by atoms with Gasteiger partial charge in [0.05, 0.1) is 23.9 Å². The lowest BCUT2D eigenvalue weighted by molar-refractivity contribution is 0.0976. The molecule has 7 heteroatoms. The predicted molar refractivity (Wildman–Crippen MR) is 91.7 cm³/mol. The van der Waals surface area contributed by atoms with Gasteiger partial charge < -0.3 is 15.0 Å². The molecule has 0 aliphatic carbocycles. The van der Waals surface area contributed by atoms with Gasteiger partial charge in [0.1, 0.15) is 5.75 Å². The molecule has 0 fully saturated rings. The normalized spacial score (nSPS) is 10.6. The number of pyridine rings is 1. The number of amides is 1. The monoisotopic (exact) mass is 323 g/mol. The maximum absolute atomic E-state index is 12.1. The van der Waals surface area contributed by atoms with Crippen molar-refractivity contribution in [2.24, 2.45) is 5.73 Å². The van der Waals surface area contributed by atoms with Gasteiger partial charge in [0.2, 0.25) is 0 Å². The molecule has 0 radical (unpaired) electrons. The molecule has 0 spiro atoms. The van der Waals surface area contributed by atoms with Crippen LogP contribution in [0.2, 0.25) is 0 Å². The van der Waals surface area contributed by atoms with Crippen molar-refractivity contribution < 1.29 is 9.53 Å². The molecule has 2 aromatic heterocycles. The summed E-state index contributed by atoms with van der Waals surface area (Å²) in [6.45, 7) is 1.83. The zero-order valence-electron chi connectivity index (χ0n) is 13.3. The van der Waals surface area contributed by atoms with Gasteiger partial charge in [-0.1, -0.05) is 0 Å². The molecule has 4 N–H and O–H groups in total. The Morgan fingerprint density at radius 3 is 2.83 bits per heavy atom. The smallest absolute Gasteiger partial charge is 0.259 e. The fourth-order valence-electron chi connectivity index (χ4n) is 2.59. The van der Waals surface area contributed by atoms with Gasteiger partial charge in [-0.05, 0) is 36.8 Å².